The number of carbonyl (C=O) groups is 1. The molecule has 0 radical (unpaired) electrons. The molecule has 0 aromatic heterocycles. The molecule has 0 aliphatic carbocycles. The van der Waals surface area contributed by atoms with Gasteiger partial charge in [0.2, 0.25) is 5.91 Å². The van der Waals surface area contributed by atoms with Gasteiger partial charge in [0.1, 0.15) is 0 Å². The van der Waals surface area contributed by atoms with Crippen molar-refractivity contribution in [1.82, 2.24) is 5.32 Å². The Morgan fingerprint density at radius 3 is 3.00 bits per heavy atom. The van der Waals surface area contributed by atoms with Crippen molar-refractivity contribution >= 4 is 11.6 Å². The quantitative estimate of drug-likeness (QED) is 0.856. The van der Waals surface area contributed by atoms with Crippen LogP contribution in [0.5, 0.6) is 0 Å². The summed E-state index contributed by atoms with van der Waals surface area (Å²) in [6.07, 6.45) is 3.19. The van der Waals surface area contributed by atoms with E-state index in [1.807, 2.05) is 24.3 Å². The number of piperidine rings is 1. The van der Waals surface area contributed by atoms with Gasteiger partial charge in [0.05, 0.1) is 12.6 Å². The maximum atomic E-state index is 12.1. The van der Waals surface area contributed by atoms with E-state index in [4.69, 9.17) is 4.74 Å². The molecule has 2 rings (SSSR count). The van der Waals surface area contributed by atoms with Crippen LogP contribution in [0.2, 0.25) is 0 Å². The zero-order valence-electron chi connectivity index (χ0n) is 10.7. The lowest BCUT2D eigenvalue weighted by Crippen LogP contribution is -2.43. The molecule has 0 unspecified atom stereocenters. The highest BCUT2D eigenvalue weighted by molar-refractivity contribution is 5.95. The van der Waals surface area contributed by atoms with Gasteiger partial charge >= 0.3 is 0 Å². The van der Waals surface area contributed by atoms with Gasteiger partial charge < -0.3 is 15.4 Å². The number of nitrogens with one attached hydrogen (secondary N) is 2. The first kappa shape index (κ1) is 13.1. The third kappa shape index (κ3) is 3.31. The number of hydrogen-bond donors (Lipinski definition) is 2. The maximum absolute atomic E-state index is 12.1. The topological polar surface area (TPSA) is 50.4 Å². The Morgan fingerprint density at radius 2 is 2.28 bits per heavy atom. The summed E-state index contributed by atoms with van der Waals surface area (Å²) in [5, 5.41) is 6.23. The lowest BCUT2D eigenvalue weighted by atomic mass is 10.0. The number of amides is 1. The SMILES string of the molecule is COCc1ccccc1NC(=O)[C@@H]1CCCCN1. The second-order valence-corrected chi connectivity index (χ2v) is 4.58. The molecular weight excluding hydrogens is 228 g/mol. The molecule has 1 aromatic rings. The fourth-order valence-corrected chi connectivity index (χ4v) is 2.22. The largest absolute Gasteiger partial charge is 0.380 e. The predicted molar refractivity (Wildman–Crippen MR) is 71.4 cm³/mol. The first-order chi connectivity index (χ1) is 8.81. The standard InChI is InChI=1S/C14H20N2O2/c1-18-10-11-6-2-3-7-12(11)16-14(17)13-8-4-5-9-15-13/h2-3,6-7,13,15H,4-5,8-10H2,1H3,(H,16,17)/t13-/m0/s1. The van der Waals surface area contributed by atoms with Crippen molar-refractivity contribution in [2.24, 2.45) is 0 Å². The van der Waals surface area contributed by atoms with Crippen molar-refractivity contribution in [2.75, 3.05) is 19.0 Å². The Morgan fingerprint density at radius 1 is 1.44 bits per heavy atom. The molecule has 18 heavy (non-hydrogen) atoms. The molecule has 1 amide bonds. The minimum absolute atomic E-state index is 0.0539. The number of hydrogen-bond acceptors (Lipinski definition) is 3. The van der Waals surface area contributed by atoms with E-state index in [1.165, 1.54) is 0 Å². The van der Waals surface area contributed by atoms with Gasteiger partial charge in [0, 0.05) is 18.4 Å². The van der Waals surface area contributed by atoms with Gasteiger partial charge in [0.15, 0.2) is 0 Å². The van der Waals surface area contributed by atoms with Gasteiger partial charge in [0.25, 0.3) is 0 Å². The van der Waals surface area contributed by atoms with Crippen LogP contribution in [-0.4, -0.2) is 25.6 Å². The number of methoxy groups -OCH3 is 1. The van der Waals surface area contributed by atoms with Crippen LogP contribution in [0.4, 0.5) is 5.69 Å². The molecule has 1 aromatic carbocycles. The zero-order valence-corrected chi connectivity index (χ0v) is 10.7. The van der Waals surface area contributed by atoms with Gasteiger partial charge in [-0.15, -0.1) is 0 Å². The summed E-state index contributed by atoms with van der Waals surface area (Å²) in [4.78, 5) is 12.1. The van der Waals surface area contributed by atoms with Gasteiger partial charge in [-0.3, -0.25) is 4.79 Å². The molecule has 1 heterocycles. The van der Waals surface area contributed by atoms with E-state index in [0.29, 0.717) is 6.61 Å². The van der Waals surface area contributed by atoms with E-state index >= 15 is 0 Å². The van der Waals surface area contributed by atoms with Gasteiger partial charge in [-0.05, 0) is 25.5 Å². The summed E-state index contributed by atoms with van der Waals surface area (Å²) in [7, 11) is 1.65. The summed E-state index contributed by atoms with van der Waals surface area (Å²) in [5.41, 5.74) is 1.85. The van der Waals surface area contributed by atoms with E-state index in [0.717, 1.165) is 37.1 Å². The highest BCUT2D eigenvalue weighted by Crippen LogP contribution is 2.17. The monoisotopic (exact) mass is 248 g/mol. The van der Waals surface area contributed by atoms with Crippen LogP contribution in [-0.2, 0) is 16.1 Å². The molecule has 1 saturated heterocycles. The predicted octanol–water partition coefficient (Wildman–Crippen LogP) is 1.91. The Bertz CT molecular complexity index is 401. The van der Waals surface area contributed by atoms with Crippen molar-refractivity contribution in [1.29, 1.82) is 0 Å². The fraction of sp³-hybridized carbons (Fsp3) is 0.500. The number of benzene rings is 1. The van der Waals surface area contributed by atoms with Crippen LogP contribution in [0.3, 0.4) is 0 Å². The van der Waals surface area contributed by atoms with Crippen molar-refractivity contribution in [3.05, 3.63) is 29.8 Å². The lowest BCUT2D eigenvalue weighted by molar-refractivity contribution is -0.118. The van der Waals surface area contributed by atoms with Crippen LogP contribution in [0.1, 0.15) is 24.8 Å². The summed E-state index contributed by atoms with van der Waals surface area (Å²) >= 11 is 0. The number of rotatable bonds is 4. The third-order valence-corrected chi connectivity index (χ3v) is 3.20. The number of para-hydroxylation sites is 1. The average molecular weight is 248 g/mol. The average Bonchev–Trinajstić information content (AvgIpc) is 2.42. The maximum Gasteiger partial charge on any atom is 0.241 e. The normalized spacial score (nSPS) is 19.5. The molecule has 0 bridgehead atoms. The van der Waals surface area contributed by atoms with E-state index < -0.39 is 0 Å². The zero-order chi connectivity index (χ0) is 12.8. The van der Waals surface area contributed by atoms with Crippen molar-refractivity contribution in [3.8, 4) is 0 Å². The second-order valence-electron chi connectivity index (χ2n) is 4.58. The fourth-order valence-electron chi connectivity index (χ4n) is 2.22. The van der Waals surface area contributed by atoms with E-state index in [2.05, 4.69) is 10.6 Å². The third-order valence-electron chi connectivity index (χ3n) is 3.20. The van der Waals surface area contributed by atoms with Gasteiger partial charge in [-0.1, -0.05) is 24.6 Å². The first-order valence-corrected chi connectivity index (χ1v) is 6.42. The van der Waals surface area contributed by atoms with Crippen LogP contribution in [0, 0.1) is 0 Å². The number of ether oxygens (including phenoxy) is 1. The molecule has 1 fully saturated rings. The second kappa shape index (κ2) is 6.52. The molecule has 0 saturated carbocycles. The highest BCUT2D eigenvalue weighted by atomic mass is 16.5. The highest BCUT2D eigenvalue weighted by Gasteiger charge is 2.20. The number of carbonyl (C=O) groups excluding carboxylic acids is 1. The van der Waals surface area contributed by atoms with Crippen molar-refractivity contribution in [3.63, 3.8) is 0 Å². The van der Waals surface area contributed by atoms with Crippen LogP contribution in [0.15, 0.2) is 24.3 Å². The lowest BCUT2D eigenvalue weighted by Gasteiger charge is -2.23. The summed E-state index contributed by atoms with van der Waals surface area (Å²) < 4.78 is 5.13. The van der Waals surface area contributed by atoms with Gasteiger partial charge in [-0.25, -0.2) is 0 Å². The first-order valence-electron chi connectivity index (χ1n) is 6.42. The Labute approximate surface area is 108 Å². The van der Waals surface area contributed by atoms with Crippen LogP contribution >= 0.6 is 0 Å². The van der Waals surface area contributed by atoms with Crippen LogP contribution in [0.25, 0.3) is 0 Å². The molecule has 4 heteroatoms. The summed E-state index contributed by atoms with van der Waals surface area (Å²) in [5.74, 6) is 0.0539. The van der Waals surface area contributed by atoms with E-state index in [-0.39, 0.29) is 11.9 Å². The molecule has 1 aliphatic heterocycles. The molecule has 98 valence electrons. The molecule has 2 N–H and O–H groups in total. The molecule has 1 atom stereocenters. The van der Waals surface area contributed by atoms with Crippen molar-refractivity contribution in [2.45, 2.75) is 31.9 Å². The minimum atomic E-state index is -0.0608. The van der Waals surface area contributed by atoms with Crippen molar-refractivity contribution < 1.29 is 9.53 Å². The molecule has 0 spiro atoms. The Kier molecular flexibility index (Phi) is 4.73. The molecule has 4 nitrogen and oxygen atoms in total. The summed E-state index contributed by atoms with van der Waals surface area (Å²) in [6, 6.07) is 7.68. The Balaban J connectivity index is 2.01. The molecular formula is C14H20N2O2. The van der Waals surface area contributed by atoms with Crippen LogP contribution < -0.4 is 10.6 Å². The van der Waals surface area contributed by atoms with E-state index in [1.54, 1.807) is 7.11 Å². The van der Waals surface area contributed by atoms with E-state index in [9.17, 15) is 4.79 Å². The summed E-state index contributed by atoms with van der Waals surface area (Å²) in [6.45, 7) is 1.44. The molecule has 1 aliphatic rings. The van der Waals surface area contributed by atoms with Gasteiger partial charge in [-0.2, -0.15) is 0 Å². The Hall–Kier alpha value is -1.39. The number of anilines is 1. The minimum Gasteiger partial charge on any atom is -0.380 e. The smallest absolute Gasteiger partial charge is 0.241 e.